The molecule has 1 N–H and O–H groups in total. The fourth-order valence-corrected chi connectivity index (χ4v) is 4.49. The SMILES string of the molecule is CCCOc1cccc(N2C(=O)C(c3ccccc3OC)=C(N3CCCC(CO)C3)C2=O)c1. The van der Waals surface area contributed by atoms with Crippen LogP contribution in [-0.4, -0.2) is 55.2 Å². The van der Waals surface area contributed by atoms with E-state index in [1.54, 1.807) is 37.4 Å². The van der Waals surface area contributed by atoms with Gasteiger partial charge in [0.2, 0.25) is 0 Å². The number of imide groups is 1. The molecule has 4 rings (SSSR count). The summed E-state index contributed by atoms with van der Waals surface area (Å²) < 4.78 is 11.3. The molecule has 0 aliphatic carbocycles. The second-order valence-electron chi connectivity index (χ2n) is 8.35. The molecule has 2 heterocycles. The van der Waals surface area contributed by atoms with E-state index in [-0.39, 0.29) is 18.4 Å². The van der Waals surface area contributed by atoms with Gasteiger partial charge in [-0.2, -0.15) is 0 Å². The fourth-order valence-electron chi connectivity index (χ4n) is 4.49. The van der Waals surface area contributed by atoms with Crippen LogP contribution in [0.2, 0.25) is 0 Å². The molecule has 2 aromatic carbocycles. The van der Waals surface area contributed by atoms with Crippen LogP contribution < -0.4 is 14.4 Å². The topological polar surface area (TPSA) is 79.3 Å². The predicted molar refractivity (Wildman–Crippen MR) is 126 cm³/mol. The van der Waals surface area contributed by atoms with Crippen LogP contribution in [-0.2, 0) is 9.59 Å². The summed E-state index contributed by atoms with van der Waals surface area (Å²) in [6.07, 6.45) is 2.60. The number of nitrogens with zero attached hydrogens (tertiary/aromatic N) is 2. The minimum atomic E-state index is -0.390. The van der Waals surface area contributed by atoms with Gasteiger partial charge in [-0.3, -0.25) is 9.59 Å². The number of para-hydroxylation sites is 1. The van der Waals surface area contributed by atoms with Crippen molar-refractivity contribution >= 4 is 23.1 Å². The van der Waals surface area contributed by atoms with E-state index in [9.17, 15) is 14.7 Å². The monoisotopic (exact) mass is 450 g/mol. The molecule has 0 saturated carbocycles. The van der Waals surface area contributed by atoms with Crippen molar-refractivity contribution in [3.63, 3.8) is 0 Å². The van der Waals surface area contributed by atoms with Crippen molar-refractivity contribution in [2.75, 3.05) is 38.3 Å². The van der Waals surface area contributed by atoms with Crippen LogP contribution in [0.25, 0.3) is 5.57 Å². The van der Waals surface area contributed by atoms with Crippen molar-refractivity contribution in [1.29, 1.82) is 0 Å². The van der Waals surface area contributed by atoms with Crippen LogP contribution in [0.5, 0.6) is 11.5 Å². The molecular formula is C26H30N2O5. The highest BCUT2D eigenvalue weighted by Crippen LogP contribution is 2.39. The lowest BCUT2D eigenvalue weighted by molar-refractivity contribution is -0.120. The smallest absolute Gasteiger partial charge is 0.282 e. The molecule has 1 fully saturated rings. The maximum absolute atomic E-state index is 13.8. The maximum Gasteiger partial charge on any atom is 0.282 e. The van der Waals surface area contributed by atoms with Gasteiger partial charge in [-0.25, -0.2) is 4.90 Å². The molecule has 2 aliphatic rings. The molecule has 2 aliphatic heterocycles. The average molecular weight is 451 g/mol. The Morgan fingerprint density at radius 2 is 1.91 bits per heavy atom. The molecule has 7 nitrogen and oxygen atoms in total. The number of aliphatic hydroxyl groups is 1. The third kappa shape index (κ3) is 4.46. The quantitative estimate of drug-likeness (QED) is 0.621. The molecule has 0 spiro atoms. The van der Waals surface area contributed by atoms with Crippen LogP contribution in [0.15, 0.2) is 54.2 Å². The Kier molecular flexibility index (Phi) is 6.99. The zero-order valence-corrected chi connectivity index (χ0v) is 19.1. The van der Waals surface area contributed by atoms with E-state index in [1.807, 2.05) is 30.0 Å². The second-order valence-corrected chi connectivity index (χ2v) is 8.35. The molecule has 174 valence electrons. The first kappa shape index (κ1) is 22.9. The van der Waals surface area contributed by atoms with Gasteiger partial charge in [0.15, 0.2) is 0 Å². The Hall–Kier alpha value is -3.32. The summed E-state index contributed by atoms with van der Waals surface area (Å²) >= 11 is 0. The molecule has 0 bridgehead atoms. The Balaban J connectivity index is 1.80. The number of hydrogen-bond donors (Lipinski definition) is 1. The number of methoxy groups -OCH3 is 1. The number of benzene rings is 2. The highest BCUT2D eigenvalue weighted by molar-refractivity contribution is 6.45. The zero-order valence-electron chi connectivity index (χ0n) is 19.1. The van der Waals surface area contributed by atoms with Gasteiger partial charge in [0.1, 0.15) is 17.2 Å². The molecule has 2 amide bonds. The van der Waals surface area contributed by atoms with E-state index in [0.717, 1.165) is 19.3 Å². The summed E-state index contributed by atoms with van der Waals surface area (Å²) in [6.45, 7) is 3.80. The number of carbonyl (C=O) groups excluding carboxylic acids is 2. The van der Waals surface area contributed by atoms with Crippen LogP contribution in [0, 0.1) is 5.92 Å². The van der Waals surface area contributed by atoms with Gasteiger partial charge < -0.3 is 19.5 Å². The second kappa shape index (κ2) is 10.1. The molecular weight excluding hydrogens is 420 g/mol. The number of aliphatic hydroxyl groups excluding tert-OH is 1. The average Bonchev–Trinajstić information content (AvgIpc) is 3.12. The summed E-state index contributed by atoms with van der Waals surface area (Å²) in [5.41, 5.74) is 1.75. The van der Waals surface area contributed by atoms with E-state index in [1.165, 1.54) is 4.90 Å². The van der Waals surface area contributed by atoms with Gasteiger partial charge in [-0.1, -0.05) is 31.2 Å². The van der Waals surface area contributed by atoms with Gasteiger partial charge in [0.25, 0.3) is 11.8 Å². The molecule has 0 radical (unpaired) electrons. The normalized spacial score (nSPS) is 18.8. The summed E-state index contributed by atoms with van der Waals surface area (Å²) in [5.74, 6) is 0.447. The van der Waals surface area contributed by atoms with Crippen molar-refractivity contribution in [1.82, 2.24) is 4.90 Å². The Morgan fingerprint density at radius 1 is 1.09 bits per heavy atom. The largest absolute Gasteiger partial charge is 0.496 e. The number of carbonyl (C=O) groups is 2. The van der Waals surface area contributed by atoms with E-state index < -0.39 is 5.91 Å². The van der Waals surface area contributed by atoms with Gasteiger partial charge >= 0.3 is 0 Å². The lowest BCUT2D eigenvalue weighted by Crippen LogP contribution is -2.40. The minimum Gasteiger partial charge on any atom is -0.496 e. The molecule has 1 saturated heterocycles. The molecule has 7 heteroatoms. The Labute approximate surface area is 194 Å². The summed E-state index contributed by atoms with van der Waals surface area (Å²) in [7, 11) is 1.55. The summed E-state index contributed by atoms with van der Waals surface area (Å²) in [6, 6.07) is 14.3. The predicted octanol–water partition coefficient (Wildman–Crippen LogP) is 3.47. The molecule has 1 atom stereocenters. The maximum atomic E-state index is 13.8. The van der Waals surface area contributed by atoms with Crippen LogP contribution in [0.4, 0.5) is 5.69 Å². The zero-order chi connectivity index (χ0) is 23.4. The van der Waals surface area contributed by atoms with Crippen LogP contribution in [0.3, 0.4) is 0 Å². The third-order valence-corrected chi connectivity index (χ3v) is 6.08. The van der Waals surface area contributed by atoms with Gasteiger partial charge in [-0.05, 0) is 43.4 Å². The van der Waals surface area contributed by atoms with E-state index in [2.05, 4.69) is 0 Å². The van der Waals surface area contributed by atoms with E-state index in [0.29, 0.717) is 53.7 Å². The van der Waals surface area contributed by atoms with Crippen molar-refractivity contribution in [2.24, 2.45) is 5.92 Å². The number of piperidine rings is 1. The highest BCUT2D eigenvalue weighted by Gasteiger charge is 2.44. The lowest BCUT2D eigenvalue weighted by Gasteiger charge is -2.34. The molecule has 0 aromatic heterocycles. The first-order valence-corrected chi connectivity index (χ1v) is 11.4. The van der Waals surface area contributed by atoms with E-state index in [4.69, 9.17) is 9.47 Å². The van der Waals surface area contributed by atoms with E-state index >= 15 is 0 Å². The standard InChI is InChI=1S/C26H30N2O5/c1-3-14-33-20-10-6-9-19(15-20)28-25(30)23(21-11-4-5-12-22(21)32-2)24(26(28)31)27-13-7-8-18(16-27)17-29/h4-6,9-12,15,18,29H,3,7-8,13-14,16-17H2,1-2H3. The number of ether oxygens (including phenoxy) is 2. The number of hydrogen-bond acceptors (Lipinski definition) is 6. The molecule has 2 aromatic rings. The van der Waals surface area contributed by atoms with Gasteiger partial charge in [0.05, 0.1) is 25.0 Å². The molecule has 1 unspecified atom stereocenters. The first-order chi connectivity index (χ1) is 16.1. The van der Waals surface area contributed by atoms with Gasteiger partial charge in [-0.15, -0.1) is 0 Å². The number of amides is 2. The van der Waals surface area contributed by atoms with Crippen molar-refractivity contribution < 1.29 is 24.2 Å². The Morgan fingerprint density at radius 3 is 2.67 bits per heavy atom. The van der Waals surface area contributed by atoms with Gasteiger partial charge in [0, 0.05) is 31.3 Å². The number of rotatable bonds is 8. The highest BCUT2D eigenvalue weighted by atomic mass is 16.5. The van der Waals surface area contributed by atoms with Crippen LogP contribution >= 0.6 is 0 Å². The van der Waals surface area contributed by atoms with Crippen molar-refractivity contribution in [3.05, 3.63) is 59.8 Å². The number of likely N-dealkylation sites (tertiary alicyclic amines) is 1. The summed E-state index contributed by atoms with van der Waals surface area (Å²) in [4.78, 5) is 30.7. The minimum absolute atomic E-state index is 0.0520. The Bertz CT molecular complexity index is 1060. The van der Waals surface area contributed by atoms with Crippen LogP contribution in [0.1, 0.15) is 31.7 Å². The van der Waals surface area contributed by atoms with Crippen molar-refractivity contribution in [2.45, 2.75) is 26.2 Å². The third-order valence-electron chi connectivity index (χ3n) is 6.08. The fraction of sp³-hybridized carbons (Fsp3) is 0.385. The lowest BCUT2D eigenvalue weighted by atomic mass is 9.96. The number of anilines is 1. The van der Waals surface area contributed by atoms with Crippen molar-refractivity contribution in [3.8, 4) is 11.5 Å². The molecule has 33 heavy (non-hydrogen) atoms. The summed E-state index contributed by atoms with van der Waals surface area (Å²) in [5, 5.41) is 9.73. The first-order valence-electron chi connectivity index (χ1n) is 11.4.